The number of nitrogens with one attached hydrogen (secondary N) is 2. The van der Waals surface area contributed by atoms with Gasteiger partial charge in [0, 0.05) is 18.2 Å². The first-order chi connectivity index (χ1) is 13.8. The number of aromatic amines is 1. The van der Waals surface area contributed by atoms with Crippen LogP contribution in [0.15, 0.2) is 39.9 Å². The van der Waals surface area contributed by atoms with Gasteiger partial charge in [0.25, 0.3) is 11.5 Å². The Hall–Kier alpha value is -3.29. The number of pyridine rings is 1. The largest absolute Gasteiger partial charge is 0.330 e. The molecular formula is C21H21FN4O3. The number of aromatic nitrogens is 3. The molecule has 1 fully saturated rings. The van der Waals surface area contributed by atoms with Gasteiger partial charge in [0.15, 0.2) is 5.65 Å². The Bertz CT molecular complexity index is 1220. The van der Waals surface area contributed by atoms with Crippen molar-refractivity contribution in [1.29, 1.82) is 0 Å². The van der Waals surface area contributed by atoms with Crippen molar-refractivity contribution in [2.45, 2.75) is 39.2 Å². The Morgan fingerprint density at radius 1 is 1.31 bits per heavy atom. The van der Waals surface area contributed by atoms with Crippen molar-refractivity contribution < 1.29 is 9.18 Å². The Kier molecular flexibility index (Phi) is 4.77. The smallest absolute Gasteiger partial charge is 0.319 e. The molecule has 0 aliphatic heterocycles. The molecule has 2 heterocycles. The number of benzene rings is 1. The summed E-state index contributed by atoms with van der Waals surface area (Å²) in [5.41, 5.74) is -0.286. The van der Waals surface area contributed by atoms with Gasteiger partial charge >= 0.3 is 5.69 Å². The third-order valence-electron chi connectivity index (χ3n) is 4.88. The molecule has 8 heteroatoms. The minimum absolute atomic E-state index is 0.0161. The zero-order valence-corrected chi connectivity index (χ0v) is 16.2. The molecule has 150 valence electrons. The Morgan fingerprint density at radius 2 is 2.03 bits per heavy atom. The first-order valence-corrected chi connectivity index (χ1v) is 9.58. The fourth-order valence-corrected chi connectivity index (χ4v) is 3.35. The second-order valence-corrected chi connectivity index (χ2v) is 7.77. The van der Waals surface area contributed by atoms with Crippen LogP contribution in [-0.4, -0.2) is 20.4 Å². The van der Waals surface area contributed by atoms with Crippen molar-refractivity contribution in [2.24, 2.45) is 5.92 Å². The molecular weight excluding hydrogens is 375 g/mol. The molecule has 1 aliphatic rings. The molecule has 0 unspecified atom stereocenters. The van der Waals surface area contributed by atoms with Crippen LogP contribution in [0.1, 0.15) is 48.7 Å². The van der Waals surface area contributed by atoms with Crippen molar-refractivity contribution >= 4 is 22.6 Å². The van der Waals surface area contributed by atoms with Crippen LogP contribution in [0, 0.1) is 11.7 Å². The van der Waals surface area contributed by atoms with Crippen LogP contribution >= 0.6 is 0 Å². The maximum Gasteiger partial charge on any atom is 0.330 e. The van der Waals surface area contributed by atoms with E-state index in [2.05, 4.69) is 15.3 Å². The molecule has 0 spiro atoms. The monoisotopic (exact) mass is 396 g/mol. The number of halogens is 1. The van der Waals surface area contributed by atoms with Crippen LogP contribution in [0.5, 0.6) is 0 Å². The molecule has 0 saturated heterocycles. The van der Waals surface area contributed by atoms with E-state index in [1.165, 1.54) is 22.8 Å². The Labute approximate surface area is 165 Å². The lowest BCUT2D eigenvalue weighted by Crippen LogP contribution is -2.33. The number of fused-ring (bicyclic) bond motifs is 1. The lowest BCUT2D eigenvalue weighted by atomic mass is 10.1. The third kappa shape index (κ3) is 3.70. The van der Waals surface area contributed by atoms with Crippen LogP contribution in [-0.2, 0) is 6.54 Å². The van der Waals surface area contributed by atoms with Crippen LogP contribution in [0.25, 0.3) is 11.0 Å². The van der Waals surface area contributed by atoms with E-state index in [0.29, 0.717) is 12.2 Å². The van der Waals surface area contributed by atoms with Gasteiger partial charge in [-0.2, -0.15) is 0 Å². The maximum atomic E-state index is 14.0. The number of hydrogen-bond donors (Lipinski definition) is 2. The predicted octanol–water partition coefficient (Wildman–Crippen LogP) is 3.01. The van der Waals surface area contributed by atoms with Crippen molar-refractivity contribution in [2.75, 3.05) is 5.32 Å². The van der Waals surface area contributed by atoms with Crippen LogP contribution < -0.4 is 16.6 Å². The zero-order chi connectivity index (χ0) is 20.7. The minimum Gasteiger partial charge on any atom is -0.319 e. The summed E-state index contributed by atoms with van der Waals surface area (Å²) >= 11 is 0. The fourth-order valence-electron chi connectivity index (χ4n) is 3.35. The maximum absolute atomic E-state index is 14.0. The van der Waals surface area contributed by atoms with Gasteiger partial charge in [0.1, 0.15) is 5.82 Å². The summed E-state index contributed by atoms with van der Waals surface area (Å²) in [6.07, 6.45) is 1.87. The van der Waals surface area contributed by atoms with Gasteiger partial charge in [-0.1, -0.05) is 26.0 Å². The average Bonchev–Trinajstić information content (AvgIpc) is 3.51. The number of amides is 1. The van der Waals surface area contributed by atoms with E-state index in [-0.39, 0.29) is 34.1 Å². The summed E-state index contributed by atoms with van der Waals surface area (Å²) in [6.45, 7) is 4.24. The highest BCUT2D eigenvalue weighted by molar-refractivity contribution is 6.11. The lowest BCUT2D eigenvalue weighted by Gasteiger charge is -2.15. The summed E-state index contributed by atoms with van der Waals surface area (Å²) in [7, 11) is 0. The van der Waals surface area contributed by atoms with Gasteiger partial charge in [-0.05, 0) is 37.0 Å². The van der Waals surface area contributed by atoms with E-state index < -0.39 is 23.0 Å². The van der Waals surface area contributed by atoms with Crippen LogP contribution in [0.3, 0.4) is 0 Å². The van der Waals surface area contributed by atoms with Crippen LogP contribution in [0.2, 0.25) is 0 Å². The molecule has 1 saturated carbocycles. The number of para-hydroxylation sites is 1. The van der Waals surface area contributed by atoms with Crippen molar-refractivity contribution in [3.63, 3.8) is 0 Å². The van der Waals surface area contributed by atoms with Gasteiger partial charge in [-0.3, -0.25) is 19.1 Å². The standard InChI is InChI=1S/C21H21FN4O3/c1-11(2)10-26-18-17(20(28)25-21(26)29)13(9-16(23-18)12-7-8-12)19(27)24-15-6-4-3-5-14(15)22/h3-6,9,11-12H,7-8,10H2,1-2H3,(H,24,27)(H,25,28,29). The van der Waals surface area contributed by atoms with Gasteiger partial charge in [0.2, 0.25) is 0 Å². The van der Waals surface area contributed by atoms with E-state index in [9.17, 15) is 18.8 Å². The van der Waals surface area contributed by atoms with Gasteiger partial charge in [0.05, 0.1) is 16.6 Å². The molecule has 0 atom stereocenters. The summed E-state index contributed by atoms with van der Waals surface area (Å²) in [4.78, 5) is 44.9. The molecule has 1 aromatic carbocycles. The fraction of sp³-hybridized carbons (Fsp3) is 0.333. The molecule has 4 rings (SSSR count). The molecule has 1 amide bonds. The third-order valence-corrected chi connectivity index (χ3v) is 4.88. The number of carbonyl (C=O) groups excluding carboxylic acids is 1. The second-order valence-electron chi connectivity index (χ2n) is 7.77. The number of nitrogens with zero attached hydrogens (tertiary/aromatic N) is 2. The highest BCUT2D eigenvalue weighted by Gasteiger charge is 2.29. The van der Waals surface area contributed by atoms with Gasteiger partial charge in [-0.15, -0.1) is 0 Å². The van der Waals surface area contributed by atoms with E-state index in [0.717, 1.165) is 12.8 Å². The minimum atomic E-state index is -0.682. The number of carbonyl (C=O) groups is 1. The topological polar surface area (TPSA) is 96.9 Å². The highest BCUT2D eigenvalue weighted by atomic mass is 19.1. The molecule has 2 aromatic heterocycles. The summed E-state index contributed by atoms with van der Waals surface area (Å²) in [5.74, 6) is -0.873. The molecule has 3 aromatic rings. The molecule has 2 N–H and O–H groups in total. The molecule has 29 heavy (non-hydrogen) atoms. The quantitative estimate of drug-likeness (QED) is 0.693. The Balaban J connectivity index is 1.93. The van der Waals surface area contributed by atoms with Crippen molar-refractivity contribution in [1.82, 2.24) is 14.5 Å². The number of H-pyrrole nitrogens is 1. The second kappa shape index (κ2) is 7.27. The number of anilines is 1. The summed E-state index contributed by atoms with van der Waals surface area (Å²) in [5, 5.41) is 2.56. The SMILES string of the molecule is CC(C)Cn1c(=O)[nH]c(=O)c2c(C(=O)Nc3ccccc3F)cc(C3CC3)nc21. The zero-order valence-electron chi connectivity index (χ0n) is 16.2. The summed E-state index contributed by atoms with van der Waals surface area (Å²) < 4.78 is 15.4. The summed E-state index contributed by atoms with van der Waals surface area (Å²) in [6, 6.07) is 7.38. The van der Waals surface area contributed by atoms with E-state index in [1.54, 1.807) is 12.1 Å². The molecule has 7 nitrogen and oxygen atoms in total. The normalized spacial score (nSPS) is 13.8. The van der Waals surface area contributed by atoms with Crippen molar-refractivity contribution in [3.8, 4) is 0 Å². The molecule has 1 aliphatic carbocycles. The molecule has 0 bridgehead atoms. The van der Waals surface area contributed by atoms with Gasteiger partial charge in [-0.25, -0.2) is 14.2 Å². The van der Waals surface area contributed by atoms with Crippen LogP contribution in [0.4, 0.5) is 10.1 Å². The van der Waals surface area contributed by atoms with Gasteiger partial charge < -0.3 is 5.32 Å². The number of rotatable bonds is 5. The van der Waals surface area contributed by atoms with E-state index >= 15 is 0 Å². The average molecular weight is 396 g/mol. The van der Waals surface area contributed by atoms with Crippen molar-refractivity contribution in [3.05, 3.63) is 68.2 Å². The first-order valence-electron chi connectivity index (χ1n) is 9.58. The molecule has 0 radical (unpaired) electrons. The van der Waals surface area contributed by atoms with E-state index in [1.807, 2.05) is 13.8 Å². The highest BCUT2D eigenvalue weighted by Crippen LogP contribution is 2.40. The first kappa shape index (κ1) is 19.0. The lowest BCUT2D eigenvalue weighted by molar-refractivity contribution is 0.102. The predicted molar refractivity (Wildman–Crippen MR) is 108 cm³/mol. The Morgan fingerprint density at radius 3 is 2.69 bits per heavy atom. The van der Waals surface area contributed by atoms with E-state index in [4.69, 9.17) is 0 Å². The number of hydrogen-bond acceptors (Lipinski definition) is 4.